The number of alkyl halides is 5. The molecule has 4 aromatic rings. The highest BCUT2D eigenvalue weighted by molar-refractivity contribution is 6.26. The fourth-order valence-electron chi connectivity index (χ4n) is 3.58. The highest BCUT2D eigenvalue weighted by Gasteiger charge is 2.39. The molecule has 4 heterocycles. The van der Waals surface area contributed by atoms with Crippen LogP contribution in [-0.2, 0) is 11.0 Å². The number of imide groups is 1. The lowest BCUT2D eigenvalue weighted by molar-refractivity contribution is -0.137. The average molecular weight is 520 g/mol. The van der Waals surface area contributed by atoms with Gasteiger partial charge in [0.1, 0.15) is 18.0 Å². The monoisotopic (exact) mass is 520 g/mol. The number of aromatic nitrogens is 4. The Hall–Kier alpha value is -4.82. The van der Waals surface area contributed by atoms with Crippen molar-refractivity contribution in [1.82, 2.24) is 20.2 Å². The number of benzene rings is 1. The van der Waals surface area contributed by atoms with Crippen LogP contribution in [0.15, 0.2) is 55.0 Å². The summed E-state index contributed by atoms with van der Waals surface area (Å²) in [6.07, 6.45) is -1.67. The van der Waals surface area contributed by atoms with Crippen LogP contribution in [0.2, 0.25) is 0 Å². The topological polar surface area (TPSA) is 114 Å². The van der Waals surface area contributed by atoms with Gasteiger partial charge in [0.2, 0.25) is 5.88 Å². The second-order valence-electron chi connectivity index (χ2n) is 7.60. The minimum absolute atomic E-state index is 0.154. The summed E-state index contributed by atoms with van der Waals surface area (Å²) in [4.78, 5) is 34.7. The van der Waals surface area contributed by atoms with Gasteiger partial charge in [-0.3, -0.25) is 19.8 Å². The zero-order valence-corrected chi connectivity index (χ0v) is 18.2. The number of hydrogen-bond acceptors (Lipinski definition) is 7. The molecule has 1 aliphatic heterocycles. The fraction of sp³-hybridized carbons (Fsp3) is 0.136. The molecule has 0 aliphatic carbocycles. The number of halogens is 5. The second kappa shape index (κ2) is 9.00. The molecule has 3 amide bonds. The Morgan fingerprint density at radius 2 is 1.73 bits per heavy atom. The number of H-pyrrole nitrogens is 1. The number of nitrogens with one attached hydrogen (secondary N) is 1. The number of urea groups is 1. The summed E-state index contributed by atoms with van der Waals surface area (Å²) in [6.45, 7) is -3.56. The molecule has 10 nitrogen and oxygen atoms in total. The van der Waals surface area contributed by atoms with Gasteiger partial charge >= 0.3 is 18.8 Å². The van der Waals surface area contributed by atoms with E-state index in [1.54, 1.807) is 0 Å². The number of hydrogen-bond donors (Lipinski definition) is 1. The summed E-state index contributed by atoms with van der Waals surface area (Å²) in [5, 5.41) is 6.23. The molecule has 0 radical (unpaired) electrons. The van der Waals surface area contributed by atoms with Crippen LogP contribution in [0.3, 0.4) is 0 Å². The summed E-state index contributed by atoms with van der Waals surface area (Å²) >= 11 is 0. The number of carbonyl (C=O) groups excluding carboxylic acids is 2. The lowest BCUT2D eigenvalue weighted by atomic mass is 10.2. The molecule has 1 saturated heterocycles. The van der Waals surface area contributed by atoms with Gasteiger partial charge in [0, 0.05) is 6.20 Å². The van der Waals surface area contributed by atoms with E-state index in [1.807, 2.05) is 0 Å². The van der Waals surface area contributed by atoms with Crippen molar-refractivity contribution in [3.63, 3.8) is 0 Å². The lowest BCUT2D eigenvalue weighted by Gasteiger charge is -2.18. The Labute approximate surface area is 203 Å². The van der Waals surface area contributed by atoms with E-state index in [1.165, 1.54) is 36.5 Å². The van der Waals surface area contributed by atoms with Crippen molar-refractivity contribution in [3.8, 4) is 17.4 Å². The van der Waals surface area contributed by atoms with Crippen LogP contribution in [0, 0.1) is 0 Å². The van der Waals surface area contributed by atoms with E-state index in [4.69, 9.17) is 4.74 Å². The molecule has 3 aromatic heterocycles. The Morgan fingerprint density at radius 1 is 0.973 bits per heavy atom. The standard InChI is InChI=1S/C22H13F5N6O4/c23-20(24)37-19-16-6-15(9-29-18(16)30-31-19)36-14-3-1-12(2-4-14)33-17(34)10-32(21(33)35)13-5-11(7-28-8-13)22(25,26)27/h1-9,20H,10H2,(H,29,30,31). The third kappa shape index (κ3) is 4.70. The highest BCUT2D eigenvalue weighted by Crippen LogP contribution is 2.34. The molecule has 1 fully saturated rings. The Bertz CT molecular complexity index is 1490. The number of carbonyl (C=O) groups is 2. The average Bonchev–Trinajstić information content (AvgIpc) is 3.38. The Balaban J connectivity index is 1.33. The van der Waals surface area contributed by atoms with E-state index in [0.717, 1.165) is 22.1 Å². The van der Waals surface area contributed by atoms with Gasteiger partial charge < -0.3 is 9.47 Å². The number of nitrogens with zero attached hydrogens (tertiary/aromatic N) is 5. The molecule has 1 N–H and O–H groups in total. The van der Waals surface area contributed by atoms with E-state index in [9.17, 15) is 31.5 Å². The van der Waals surface area contributed by atoms with E-state index in [-0.39, 0.29) is 39.8 Å². The zero-order valence-electron chi connectivity index (χ0n) is 18.2. The first-order valence-corrected chi connectivity index (χ1v) is 10.3. The number of pyridine rings is 2. The molecular weight excluding hydrogens is 507 g/mol. The fourth-order valence-corrected chi connectivity index (χ4v) is 3.58. The number of ether oxygens (including phenoxy) is 2. The van der Waals surface area contributed by atoms with E-state index in [2.05, 4.69) is 24.9 Å². The quantitative estimate of drug-likeness (QED) is 0.289. The number of anilines is 2. The summed E-state index contributed by atoms with van der Waals surface area (Å²) in [5.74, 6) is -0.595. The second-order valence-corrected chi connectivity index (χ2v) is 7.60. The Kier molecular flexibility index (Phi) is 5.81. The summed E-state index contributed by atoms with van der Waals surface area (Å²) < 4.78 is 74.1. The molecule has 1 aliphatic rings. The molecule has 1 aromatic carbocycles. The molecule has 190 valence electrons. The number of amides is 3. The van der Waals surface area contributed by atoms with Crippen molar-refractivity contribution in [2.24, 2.45) is 0 Å². The van der Waals surface area contributed by atoms with Crippen LogP contribution in [0.25, 0.3) is 11.0 Å². The first kappa shape index (κ1) is 23.9. The van der Waals surface area contributed by atoms with Gasteiger partial charge in [0.15, 0.2) is 5.65 Å². The molecule has 5 rings (SSSR count). The lowest BCUT2D eigenvalue weighted by Crippen LogP contribution is -2.33. The van der Waals surface area contributed by atoms with Crippen molar-refractivity contribution in [3.05, 3.63) is 60.6 Å². The van der Waals surface area contributed by atoms with Crippen LogP contribution in [0.4, 0.5) is 38.1 Å². The van der Waals surface area contributed by atoms with Gasteiger partial charge in [-0.2, -0.15) is 22.0 Å². The smallest absolute Gasteiger partial charge is 0.417 e. The van der Waals surface area contributed by atoms with Gasteiger partial charge in [0.05, 0.1) is 34.7 Å². The summed E-state index contributed by atoms with van der Waals surface area (Å²) in [7, 11) is 0. The third-order valence-electron chi connectivity index (χ3n) is 5.22. The SMILES string of the molecule is O=C1CN(c2cncc(C(F)(F)F)c2)C(=O)N1c1ccc(Oc2cnc3[nH]nc(OC(F)F)c3c2)cc1. The van der Waals surface area contributed by atoms with Gasteiger partial charge in [-0.15, -0.1) is 5.10 Å². The van der Waals surface area contributed by atoms with Crippen molar-refractivity contribution in [1.29, 1.82) is 0 Å². The number of fused-ring (bicyclic) bond motifs is 1. The molecule has 0 bridgehead atoms. The van der Waals surface area contributed by atoms with Gasteiger partial charge in [0.25, 0.3) is 5.91 Å². The van der Waals surface area contributed by atoms with Crippen molar-refractivity contribution in [2.75, 3.05) is 16.3 Å². The summed E-state index contributed by atoms with van der Waals surface area (Å²) in [6, 6.07) is 6.93. The van der Waals surface area contributed by atoms with Gasteiger partial charge in [-0.05, 0) is 36.4 Å². The molecule has 0 saturated carbocycles. The molecular formula is C22H13F5N6O4. The maximum Gasteiger partial charge on any atom is 0.417 e. The van der Waals surface area contributed by atoms with Crippen molar-refractivity contribution < 1.29 is 41.0 Å². The number of aromatic amines is 1. The van der Waals surface area contributed by atoms with Crippen LogP contribution < -0.4 is 19.3 Å². The zero-order chi connectivity index (χ0) is 26.3. The first-order valence-electron chi connectivity index (χ1n) is 10.3. The third-order valence-corrected chi connectivity index (χ3v) is 5.22. The van der Waals surface area contributed by atoms with E-state index < -0.39 is 36.8 Å². The maximum atomic E-state index is 13.0. The predicted molar refractivity (Wildman–Crippen MR) is 117 cm³/mol. The van der Waals surface area contributed by atoms with Crippen LogP contribution in [-0.4, -0.2) is 45.3 Å². The van der Waals surface area contributed by atoms with Crippen LogP contribution in [0.1, 0.15) is 5.56 Å². The van der Waals surface area contributed by atoms with Crippen molar-refractivity contribution in [2.45, 2.75) is 12.8 Å². The largest absolute Gasteiger partial charge is 0.456 e. The molecule has 15 heteroatoms. The van der Waals surface area contributed by atoms with E-state index in [0.29, 0.717) is 6.20 Å². The highest BCUT2D eigenvalue weighted by atomic mass is 19.4. The normalized spacial score (nSPS) is 14.2. The minimum atomic E-state index is -4.67. The van der Waals surface area contributed by atoms with E-state index >= 15 is 0 Å². The molecule has 37 heavy (non-hydrogen) atoms. The van der Waals surface area contributed by atoms with Gasteiger partial charge in [-0.25, -0.2) is 14.7 Å². The molecule has 0 atom stereocenters. The molecule has 0 unspecified atom stereocenters. The Morgan fingerprint density at radius 3 is 2.43 bits per heavy atom. The van der Waals surface area contributed by atoms with Gasteiger partial charge in [-0.1, -0.05) is 0 Å². The van der Waals surface area contributed by atoms with Crippen LogP contribution in [0.5, 0.6) is 17.4 Å². The number of rotatable bonds is 6. The minimum Gasteiger partial charge on any atom is -0.456 e. The summed E-state index contributed by atoms with van der Waals surface area (Å²) in [5.41, 5.74) is -0.875. The first-order chi connectivity index (χ1) is 17.6. The maximum absolute atomic E-state index is 13.0. The van der Waals surface area contributed by atoms with Crippen LogP contribution >= 0.6 is 0 Å². The molecule has 0 spiro atoms. The predicted octanol–water partition coefficient (Wildman–Crippen LogP) is 4.74. The van der Waals surface area contributed by atoms with Crippen molar-refractivity contribution >= 4 is 34.3 Å².